The Kier molecular flexibility index (Phi) is 4.93. The van der Waals surface area contributed by atoms with Crippen LogP contribution in [0, 0.1) is 0 Å². The lowest BCUT2D eigenvalue weighted by atomic mass is 10.1. The molecule has 0 rings (SSSR count). The van der Waals surface area contributed by atoms with E-state index in [2.05, 4.69) is 0 Å². The van der Waals surface area contributed by atoms with Crippen LogP contribution in [-0.2, 0) is 0 Å². The number of alkyl halides is 1. The molecule has 0 spiro atoms. The summed E-state index contributed by atoms with van der Waals surface area (Å²) in [7, 11) is 0. The van der Waals surface area contributed by atoms with Gasteiger partial charge in [-0.25, -0.2) is 0 Å². The summed E-state index contributed by atoms with van der Waals surface area (Å²) < 4.78 is 0. The molecule has 1 unspecified atom stereocenters. The van der Waals surface area contributed by atoms with E-state index in [1.54, 1.807) is 0 Å². The van der Waals surface area contributed by atoms with E-state index < -0.39 is 24.9 Å². The Morgan fingerprint density at radius 3 is 1.90 bits per heavy atom. The van der Waals surface area contributed by atoms with E-state index in [1.165, 1.54) is 0 Å². The number of halogens is 1. The van der Waals surface area contributed by atoms with Gasteiger partial charge in [-0.15, -0.1) is 11.6 Å². The van der Waals surface area contributed by atoms with Crippen molar-refractivity contribution in [2.75, 3.05) is 12.5 Å². The topological polar surface area (TPSA) is 80.9 Å². The number of aliphatic hydroxyl groups is 4. The third-order valence-corrected chi connectivity index (χ3v) is 1.45. The SMILES string of the molecule is OCC(O)[C@@H](O)[C@H](O)CCl. The van der Waals surface area contributed by atoms with Crippen LogP contribution in [0.15, 0.2) is 0 Å². The van der Waals surface area contributed by atoms with Crippen molar-refractivity contribution in [3.05, 3.63) is 0 Å². The maximum absolute atomic E-state index is 8.84. The number of hydrogen-bond donors (Lipinski definition) is 4. The van der Waals surface area contributed by atoms with Crippen molar-refractivity contribution in [1.82, 2.24) is 0 Å². The second-order valence-electron chi connectivity index (χ2n) is 1.96. The van der Waals surface area contributed by atoms with Crippen molar-refractivity contribution in [2.24, 2.45) is 0 Å². The van der Waals surface area contributed by atoms with Gasteiger partial charge >= 0.3 is 0 Å². The minimum atomic E-state index is -1.37. The third-order valence-electron chi connectivity index (χ3n) is 1.13. The summed E-state index contributed by atoms with van der Waals surface area (Å²) in [5.41, 5.74) is 0. The van der Waals surface area contributed by atoms with Crippen molar-refractivity contribution in [3.8, 4) is 0 Å². The van der Waals surface area contributed by atoms with Gasteiger partial charge in [-0.3, -0.25) is 0 Å². The van der Waals surface area contributed by atoms with Crippen molar-refractivity contribution < 1.29 is 20.4 Å². The van der Waals surface area contributed by atoms with Crippen LogP contribution in [0.4, 0.5) is 0 Å². The van der Waals surface area contributed by atoms with Gasteiger partial charge in [0.2, 0.25) is 0 Å². The molecule has 0 radical (unpaired) electrons. The van der Waals surface area contributed by atoms with Crippen molar-refractivity contribution in [3.63, 3.8) is 0 Å². The Morgan fingerprint density at radius 2 is 1.60 bits per heavy atom. The van der Waals surface area contributed by atoms with E-state index in [9.17, 15) is 0 Å². The first-order valence-electron chi connectivity index (χ1n) is 2.84. The standard InChI is InChI=1S/C5H11ClO4/c6-1-3(8)5(10)4(9)2-7/h3-5,7-10H,1-2H2/t3-,4?,5+/m1/s1. The predicted octanol–water partition coefficient (Wildman–Crippen LogP) is -1.70. The van der Waals surface area contributed by atoms with Gasteiger partial charge in [-0.2, -0.15) is 0 Å². The molecule has 0 amide bonds. The van der Waals surface area contributed by atoms with Gasteiger partial charge in [0.05, 0.1) is 18.6 Å². The van der Waals surface area contributed by atoms with Crippen LogP contribution in [0.2, 0.25) is 0 Å². The highest BCUT2D eigenvalue weighted by molar-refractivity contribution is 6.18. The molecule has 0 fully saturated rings. The molecule has 0 aromatic carbocycles. The quantitative estimate of drug-likeness (QED) is 0.379. The van der Waals surface area contributed by atoms with Crippen LogP contribution in [-0.4, -0.2) is 51.2 Å². The predicted molar refractivity (Wildman–Crippen MR) is 35.8 cm³/mol. The fraction of sp³-hybridized carbons (Fsp3) is 1.00. The largest absolute Gasteiger partial charge is 0.394 e. The van der Waals surface area contributed by atoms with E-state index in [0.29, 0.717) is 0 Å². The molecule has 5 heteroatoms. The lowest BCUT2D eigenvalue weighted by Crippen LogP contribution is -2.40. The number of aliphatic hydroxyl groups excluding tert-OH is 4. The highest BCUT2D eigenvalue weighted by Gasteiger charge is 2.22. The second-order valence-corrected chi connectivity index (χ2v) is 2.27. The van der Waals surface area contributed by atoms with Crippen LogP contribution in [0.3, 0.4) is 0 Å². The summed E-state index contributed by atoms with van der Waals surface area (Å²) in [4.78, 5) is 0. The molecule has 62 valence electrons. The zero-order chi connectivity index (χ0) is 8.15. The molecule has 0 aliphatic heterocycles. The average molecular weight is 171 g/mol. The Labute approximate surface area is 63.7 Å². The molecule has 0 aliphatic carbocycles. The van der Waals surface area contributed by atoms with Gasteiger partial charge in [0.25, 0.3) is 0 Å². The van der Waals surface area contributed by atoms with Gasteiger partial charge in [0.15, 0.2) is 0 Å². The first kappa shape index (κ1) is 10.1. The Hall–Kier alpha value is 0.130. The molecule has 0 heterocycles. The van der Waals surface area contributed by atoms with Crippen molar-refractivity contribution >= 4 is 11.6 Å². The molecule has 0 saturated heterocycles. The van der Waals surface area contributed by atoms with Crippen LogP contribution in [0.1, 0.15) is 0 Å². The van der Waals surface area contributed by atoms with Crippen LogP contribution < -0.4 is 0 Å². The van der Waals surface area contributed by atoms with E-state index in [4.69, 9.17) is 32.0 Å². The molecule has 4 N–H and O–H groups in total. The summed E-state index contributed by atoms with van der Waals surface area (Å²) in [5.74, 6) is -0.168. The minimum absolute atomic E-state index is 0.168. The molecule has 0 aromatic rings. The lowest BCUT2D eigenvalue weighted by Gasteiger charge is -2.18. The van der Waals surface area contributed by atoms with Crippen molar-refractivity contribution in [1.29, 1.82) is 0 Å². The maximum Gasteiger partial charge on any atom is 0.109 e. The fourth-order valence-corrected chi connectivity index (χ4v) is 0.638. The molecule has 0 aromatic heterocycles. The molecule has 0 bridgehead atoms. The molecule has 4 nitrogen and oxygen atoms in total. The van der Waals surface area contributed by atoms with Gasteiger partial charge in [-0.1, -0.05) is 0 Å². The van der Waals surface area contributed by atoms with E-state index >= 15 is 0 Å². The second kappa shape index (κ2) is 4.87. The normalized spacial score (nSPS) is 20.1. The number of hydrogen-bond acceptors (Lipinski definition) is 4. The van der Waals surface area contributed by atoms with Crippen LogP contribution in [0.5, 0.6) is 0 Å². The first-order chi connectivity index (χ1) is 4.63. The monoisotopic (exact) mass is 170 g/mol. The van der Waals surface area contributed by atoms with Crippen molar-refractivity contribution in [2.45, 2.75) is 18.3 Å². The van der Waals surface area contributed by atoms with Gasteiger partial charge in [0.1, 0.15) is 12.2 Å². The maximum atomic E-state index is 8.84. The summed E-state index contributed by atoms with van der Waals surface area (Å²) in [5, 5.41) is 34.6. The van der Waals surface area contributed by atoms with E-state index in [1.807, 2.05) is 0 Å². The molecule has 0 saturated carbocycles. The van der Waals surface area contributed by atoms with Crippen LogP contribution >= 0.6 is 11.6 Å². The zero-order valence-corrected chi connectivity index (χ0v) is 6.07. The molecular weight excluding hydrogens is 160 g/mol. The highest BCUT2D eigenvalue weighted by atomic mass is 35.5. The fourth-order valence-electron chi connectivity index (χ4n) is 0.456. The molecule has 0 aliphatic rings. The Balaban J connectivity index is 3.69. The summed E-state index contributed by atoms with van der Waals surface area (Å²) >= 11 is 5.15. The van der Waals surface area contributed by atoms with Gasteiger partial charge in [-0.05, 0) is 0 Å². The highest BCUT2D eigenvalue weighted by Crippen LogP contribution is 2.00. The number of rotatable bonds is 4. The molecular formula is C5H11ClO4. The summed E-state index contributed by atoms with van der Waals surface area (Å²) in [6.07, 6.45) is -3.89. The minimum Gasteiger partial charge on any atom is -0.394 e. The van der Waals surface area contributed by atoms with Crippen LogP contribution in [0.25, 0.3) is 0 Å². The Morgan fingerprint density at radius 1 is 1.10 bits per heavy atom. The smallest absolute Gasteiger partial charge is 0.109 e. The first-order valence-corrected chi connectivity index (χ1v) is 3.38. The van der Waals surface area contributed by atoms with Gasteiger partial charge < -0.3 is 20.4 Å². The molecule has 10 heavy (non-hydrogen) atoms. The zero-order valence-electron chi connectivity index (χ0n) is 5.31. The lowest BCUT2D eigenvalue weighted by molar-refractivity contribution is -0.0687. The van der Waals surface area contributed by atoms with E-state index in [-0.39, 0.29) is 5.88 Å². The average Bonchev–Trinajstić information content (AvgIpc) is 2.00. The Bertz CT molecular complexity index is 79.7. The molecule has 3 atom stereocenters. The van der Waals surface area contributed by atoms with E-state index in [0.717, 1.165) is 0 Å². The summed E-state index contributed by atoms with van der Waals surface area (Å²) in [6, 6.07) is 0. The third kappa shape index (κ3) is 2.81. The summed E-state index contributed by atoms with van der Waals surface area (Å²) in [6.45, 7) is -0.588. The van der Waals surface area contributed by atoms with Gasteiger partial charge in [0, 0.05) is 0 Å².